The Labute approximate surface area is 132 Å². The molecule has 2 aromatic heterocycles. The van der Waals surface area contributed by atoms with Crippen LogP contribution in [0.2, 0.25) is 0 Å². The standard InChI is InChI=1S/C11H13I2N3O2/c1-10(2,3)7-5-6(17-15-7)8-14-9(18-16-8)11(4,12)13/h5H,1-4H3. The van der Waals surface area contributed by atoms with E-state index in [9.17, 15) is 0 Å². The summed E-state index contributed by atoms with van der Waals surface area (Å²) in [6.45, 7) is 8.21. The molecule has 7 heteroatoms. The maximum atomic E-state index is 5.26. The molecule has 5 nitrogen and oxygen atoms in total. The minimum absolute atomic E-state index is 0.0602. The SMILES string of the molecule is CC(C)(C)c1cc(-c2noc(C(C)(I)I)n2)on1. The number of nitrogens with zero attached hydrogens (tertiary/aromatic N) is 3. The Morgan fingerprint density at radius 3 is 2.17 bits per heavy atom. The summed E-state index contributed by atoms with van der Waals surface area (Å²) in [5.41, 5.74) is 0.811. The average Bonchev–Trinajstić information content (AvgIpc) is 2.84. The van der Waals surface area contributed by atoms with Crippen LogP contribution in [0.25, 0.3) is 11.6 Å². The van der Waals surface area contributed by atoms with Crippen LogP contribution in [0.1, 0.15) is 39.3 Å². The summed E-state index contributed by atoms with van der Waals surface area (Å²) >= 11 is 4.47. The van der Waals surface area contributed by atoms with Gasteiger partial charge in [-0.1, -0.05) is 76.3 Å². The van der Waals surface area contributed by atoms with Crippen LogP contribution in [-0.4, -0.2) is 15.3 Å². The maximum Gasteiger partial charge on any atom is 0.252 e. The van der Waals surface area contributed by atoms with Crippen LogP contribution in [0.4, 0.5) is 0 Å². The van der Waals surface area contributed by atoms with Gasteiger partial charge in [0.2, 0.25) is 11.6 Å². The molecule has 98 valence electrons. The second kappa shape index (κ2) is 4.73. The summed E-state index contributed by atoms with van der Waals surface area (Å²) in [5.74, 6) is 1.53. The lowest BCUT2D eigenvalue weighted by Crippen LogP contribution is -2.10. The molecule has 0 N–H and O–H groups in total. The molecule has 0 atom stereocenters. The molecule has 0 bridgehead atoms. The lowest BCUT2D eigenvalue weighted by atomic mass is 9.92. The molecule has 0 unspecified atom stereocenters. The number of alkyl halides is 2. The lowest BCUT2D eigenvalue weighted by molar-refractivity contribution is 0.374. The Morgan fingerprint density at radius 2 is 1.72 bits per heavy atom. The summed E-state index contributed by atoms with van der Waals surface area (Å²) in [7, 11) is 0. The average molecular weight is 473 g/mol. The summed E-state index contributed by atoms with van der Waals surface area (Å²) < 4.78 is 10.2. The molecule has 0 spiro atoms. The molecule has 0 aliphatic carbocycles. The Hall–Kier alpha value is -0.190. The first-order valence-electron chi connectivity index (χ1n) is 5.37. The topological polar surface area (TPSA) is 65.0 Å². The Morgan fingerprint density at radius 1 is 1.06 bits per heavy atom. The first kappa shape index (κ1) is 14.2. The van der Waals surface area contributed by atoms with E-state index in [-0.39, 0.29) is 6.84 Å². The molecule has 2 rings (SSSR count). The third kappa shape index (κ3) is 3.03. The zero-order chi connectivity index (χ0) is 13.6. The fraction of sp³-hybridized carbons (Fsp3) is 0.545. The van der Waals surface area contributed by atoms with Crippen LogP contribution in [0.3, 0.4) is 0 Å². The Bertz CT molecular complexity index is 499. The Kier molecular flexibility index (Phi) is 3.74. The zero-order valence-corrected chi connectivity index (χ0v) is 14.8. The van der Waals surface area contributed by atoms with Gasteiger partial charge in [0.15, 0.2) is 0 Å². The van der Waals surface area contributed by atoms with E-state index in [1.165, 1.54) is 0 Å². The molecule has 0 aliphatic heterocycles. The first-order chi connectivity index (χ1) is 8.18. The van der Waals surface area contributed by atoms with Crippen molar-refractivity contribution in [3.05, 3.63) is 17.7 Å². The number of rotatable bonds is 2. The molecule has 0 aliphatic rings. The number of aromatic nitrogens is 3. The van der Waals surface area contributed by atoms with Crippen molar-refractivity contribution < 1.29 is 9.05 Å². The van der Waals surface area contributed by atoms with E-state index in [0.717, 1.165) is 5.69 Å². The Balaban J connectivity index is 2.33. The molecule has 2 aromatic rings. The molecule has 2 heterocycles. The fourth-order valence-electron chi connectivity index (χ4n) is 1.24. The van der Waals surface area contributed by atoms with Crippen LogP contribution in [0.15, 0.2) is 15.1 Å². The highest BCUT2D eigenvalue weighted by Crippen LogP contribution is 2.38. The molecule has 0 aromatic carbocycles. The van der Waals surface area contributed by atoms with Gasteiger partial charge in [-0.05, 0) is 6.92 Å². The number of hydrogen-bond donors (Lipinski definition) is 0. The van der Waals surface area contributed by atoms with E-state index in [4.69, 9.17) is 9.05 Å². The van der Waals surface area contributed by atoms with E-state index in [0.29, 0.717) is 17.5 Å². The normalized spacial score (nSPS) is 13.0. The van der Waals surface area contributed by atoms with Gasteiger partial charge in [-0.2, -0.15) is 4.98 Å². The fourth-order valence-corrected chi connectivity index (χ4v) is 1.67. The van der Waals surface area contributed by atoms with Crippen LogP contribution in [0.5, 0.6) is 0 Å². The van der Waals surface area contributed by atoms with Gasteiger partial charge in [-0.25, -0.2) is 0 Å². The summed E-state index contributed by atoms with van der Waals surface area (Å²) in [4.78, 5) is 4.32. The van der Waals surface area contributed by atoms with Crippen LogP contribution >= 0.6 is 45.2 Å². The highest BCUT2D eigenvalue weighted by molar-refractivity contribution is 14.2. The molecule has 0 saturated heterocycles. The molecular weight excluding hydrogens is 460 g/mol. The molecule has 0 fully saturated rings. The van der Waals surface area contributed by atoms with E-state index in [1.807, 2.05) is 13.0 Å². The van der Waals surface area contributed by atoms with Gasteiger partial charge in [-0.3, -0.25) is 0 Å². The van der Waals surface area contributed by atoms with Gasteiger partial charge >= 0.3 is 0 Å². The van der Waals surface area contributed by atoms with Crippen molar-refractivity contribution in [2.45, 2.75) is 34.5 Å². The van der Waals surface area contributed by atoms with Gasteiger partial charge in [-0.15, -0.1) is 0 Å². The quantitative estimate of drug-likeness (QED) is 0.487. The van der Waals surface area contributed by atoms with Gasteiger partial charge in [0.1, 0.15) is 1.43 Å². The van der Waals surface area contributed by atoms with Crippen molar-refractivity contribution in [3.8, 4) is 11.6 Å². The van der Waals surface area contributed by atoms with Crippen molar-refractivity contribution in [1.29, 1.82) is 0 Å². The van der Waals surface area contributed by atoms with E-state index in [1.54, 1.807) is 0 Å². The molecule has 0 radical (unpaired) electrons. The van der Waals surface area contributed by atoms with Crippen LogP contribution in [-0.2, 0) is 6.84 Å². The van der Waals surface area contributed by atoms with Crippen LogP contribution < -0.4 is 0 Å². The van der Waals surface area contributed by atoms with Gasteiger partial charge in [0.05, 0.1) is 5.69 Å². The minimum atomic E-state index is -0.229. The van der Waals surface area contributed by atoms with Crippen molar-refractivity contribution in [1.82, 2.24) is 15.3 Å². The predicted octanol–water partition coefficient (Wildman–Crippen LogP) is 4.06. The summed E-state index contributed by atoms with van der Waals surface area (Å²) in [6.07, 6.45) is 0. The predicted molar refractivity (Wildman–Crippen MR) is 83.9 cm³/mol. The third-order valence-electron chi connectivity index (χ3n) is 2.30. The summed E-state index contributed by atoms with van der Waals surface area (Å²) in [5, 5.41) is 7.95. The van der Waals surface area contributed by atoms with Crippen molar-refractivity contribution in [3.63, 3.8) is 0 Å². The maximum absolute atomic E-state index is 5.26. The van der Waals surface area contributed by atoms with Crippen LogP contribution in [0, 0.1) is 0 Å². The van der Waals surface area contributed by atoms with E-state index in [2.05, 4.69) is 81.3 Å². The highest BCUT2D eigenvalue weighted by Gasteiger charge is 2.28. The third-order valence-corrected chi connectivity index (χ3v) is 3.22. The van der Waals surface area contributed by atoms with Gasteiger partial charge in [0, 0.05) is 11.5 Å². The van der Waals surface area contributed by atoms with Gasteiger partial charge < -0.3 is 9.05 Å². The smallest absolute Gasteiger partial charge is 0.252 e. The molecule has 0 saturated carbocycles. The number of hydrogen-bond acceptors (Lipinski definition) is 5. The van der Waals surface area contributed by atoms with E-state index >= 15 is 0 Å². The largest absolute Gasteiger partial charge is 0.352 e. The van der Waals surface area contributed by atoms with E-state index < -0.39 is 0 Å². The van der Waals surface area contributed by atoms with Crippen molar-refractivity contribution in [2.24, 2.45) is 0 Å². The zero-order valence-electron chi connectivity index (χ0n) is 10.5. The lowest BCUT2D eigenvalue weighted by Gasteiger charge is -2.12. The summed E-state index contributed by atoms with van der Waals surface area (Å²) in [6, 6.07) is 1.85. The monoisotopic (exact) mass is 473 g/mol. The first-order valence-corrected chi connectivity index (χ1v) is 7.53. The molecular formula is C11H13I2N3O2. The molecule has 18 heavy (non-hydrogen) atoms. The molecule has 0 amide bonds. The highest BCUT2D eigenvalue weighted by atomic mass is 127. The number of halogens is 2. The second-order valence-corrected chi connectivity index (χ2v) is 11.5. The van der Waals surface area contributed by atoms with Gasteiger partial charge in [0.25, 0.3) is 5.89 Å². The van der Waals surface area contributed by atoms with Crippen molar-refractivity contribution >= 4 is 45.2 Å². The minimum Gasteiger partial charge on any atom is -0.352 e. The second-order valence-electron chi connectivity index (χ2n) is 5.14. The van der Waals surface area contributed by atoms with Crippen molar-refractivity contribution in [2.75, 3.05) is 0 Å².